The molecule has 1 aromatic rings. The highest BCUT2D eigenvalue weighted by molar-refractivity contribution is 9.10. The number of rotatable bonds is 3. The van der Waals surface area contributed by atoms with Crippen LogP contribution in [0.2, 0.25) is 0 Å². The third kappa shape index (κ3) is 4.67. The van der Waals surface area contributed by atoms with E-state index in [0.717, 1.165) is 0 Å². The van der Waals surface area contributed by atoms with E-state index in [9.17, 15) is 13.2 Å². The maximum Gasteiger partial charge on any atom is 0.573 e. The van der Waals surface area contributed by atoms with Gasteiger partial charge in [-0.2, -0.15) is 0 Å². The third-order valence-electron chi connectivity index (χ3n) is 1.54. The molecule has 0 aliphatic rings. The summed E-state index contributed by atoms with van der Waals surface area (Å²) >= 11 is 3.07. The lowest BCUT2D eigenvalue weighted by Gasteiger charge is -2.09. The van der Waals surface area contributed by atoms with Crippen LogP contribution in [0.15, 0.2) is 28.7 Å². The molecule has 0 heterocycles. The number of hydrogen-bond acceptors (Lipinski definition) is 2. The fraction of sp³-hybridized carbons (Fsp3) is 0.200. The normalized spacial score (nSPS) is 12.1. The molecule has 2 nitrogen and oxygen atoms in total. The van der Waals surface area contributed by atoms with Gasteiger partial charge in [0.25, 0.3) is 0 Å². The minimum absolute atomic E-state index is 0.179. The summed E-state index contributed by atoms with van der Waals surface area (Å²) in [6.45, 7) is -0.179. The van der Waals surface area contributed by atoms with E-state index in [1.54, 1.807) is 6.07 Å². The Bertz CT molecular complexity index is 388. The van der Waals surface area contributed by atoms with Gasteiger partial charge in [0.2, 0.25) is 0 Å². The predicted molar refractivity (Wildman–Crippen MR) is 56.9 cm³/mol. The van der Waals surface area contributed by atoms with E-state index in [2.05, 4.69) is 20.7 Å². The maximum absolute atomic E-state index is 12.0. The summed E-state index contributed by atoms with van der Waals surface area (Å²) in [7, 11) is 0. The molecule has 1 N–H and O–H groups in total. The molecule has 0 fully saturated rings. The Morgan fingerprint density at radius 1 is 1.31 bits per heavy atom. The standard InChI is InChI=1S/C10H8BrF3O2/c11-8-4-7(2-1-3-15)5-9(6-8)16-10(12,13)14/h1-2,4-6,15H,3H2. The second-order valence-corrected chi connectivity index (χ2v) is 3.77. The number of halogens is 4. The molecule has 0 aliphatic carbocycles. The molecule has 0 aliphatic heterocycles. The molecule has 16 heavy (non-hydrogen) atoms. The van der Waals surface area contributed by atoms with E-state index in [1.165, 1.54) is 24.3 Å². The summed E-state index contributed by atoms with van der Waals surface area (Å²) in [5.41, 5.74) is 0.502. The van der Waals surface area contributed by atoms with Crippen molar-refractivity contribution in [3.63, 3.8) is 0 Å². The van der Waals surface area contributed by atoms with Crippen LogP contribution < -0.4 is 4.74 Å². The van der Waals surface area contributed by atoms with Crippen molar-refractivity contribution < 1.29 is 23.0 Å². The number of hydrogen-bond donors (Lipinski definition) is 1. The van der Waals surface area contributed by atoms with Crippen molar-refractivity contribution in [2.45, 2.75) is 6.36 Å². The Hall–Kier alpha value is -1.01. The minimum atomic E-state index is -4.71. The van der Waals surface area contributed by atoms with Gasteiger partial charge in [0.1, 0.15) is 5.75 Å². The van der Waals surface area contributed by atoms with Crippen molar-refractivity contribution in [2.24, 2.45) is 0 Å². The van der Waals surface area contributed by atoms with Crippen LogP contribution in [0.4, 0.5) is 13.2 Å². The van der Waals surface area contributed by atoms with Crippen molar-refractivity contribution in [1.82, 2.24) is 0 Å². The van der Waals surface area contributed by atoms with Crippen LogP contribution in [0.1, 0.15) is 5.56 Å². The van der Waals surface area contributed by atoms with Crippen molar-refractivity contribution in [3.8, 4) is 5.75 Å². The van der Waals surface area contributed by atoms with E-state index in [-0.39, 0.29) is 12.4 Å². The van der Waals surface area contributed by atoms with E-state index >= 15 is 0 Å². The number of ether oxygens (including phenoxy) is 1. The maximum atomic E-state index is 12.0. The van der Waals surface area contributed by atoms with Gasteiger partial charge >= 0.3 is 6.36 Å². The monoisotopic (exact) mass is 296 g/mol. The first-order chi connectivity index (χ1) is 7.40. The lowest BCUT2D eigenvalue weighted by atomic mass is 10.2. The average Bonchev–Trinajstić information content (AvgIpc) is 2.10. The molecule has 1 aromatic carbocycles. The Balaban J connectivity index is 2.94. The molecule has 0 unspecified atom stereocenters. The third-order valence-corrected chi connectivity index (χ3v) is 2.00. The Labute approximate surface area is 98.5 Å². The Kier molecular flexibility index (Phi) is 4.37. The van der Waals surface area contributed by atoms with Crippen molar-refractivity contribution in [1.29, 1.82) is 0 Å². The molecule has 0 saturated heterocycles. The fourth-order valence-electron chi connectivity index (χ4n) is 1.06. The summed E-state index contributed by atoms with van der Waals surface area (Å²) < 4.78 is 40.1. The number of aliphatic hydroxyl groups is 1. The Morgan fingerprint density at radius 3 is 2.56 bits per heavy atom. The zero-order valence-corrected chi connectivity index (χ0v) is 9.55. The molecule has 0 bridgehead atoms. The molecule has 0 amide bonds. The van der Waals surface area contributed by atoms with E-state index in [1.807, 2.05) is 0 Å². The zero-order chi connectivity index (χ0) is 12.2. The summed E-state index contributed by atoms with van der Waals surface area (Å²) in [6.07, 6.45) is -1.80. The molecule has 88 valence electrons. The second-order valence-electron chi connectivity index (χ2n) is 2.85. The second kappa shape index (κ2) is 5.36. The van der Waals surface area contributed by atoms with E-state index in [0.29, 0.717) is 10.0 Å². The van der Waals surface area contributed by atoms with Crippen LogP contribution in [0.3, 0.4) is 0 Å². The van der Waals surface area contributed by atoms with E-state index in [4.69, 9.17) is 5.11 Å². The van der Waals surface area contributed by atoms with Crippen molar-refractivity contribution >= 4 is 22.0 Å². The highest BCUT2D eigenvalue weighted by atomic mass is 79.9. The Morgan fingerprint density at radius 2 is 2.00 bits per heavy atom. The van der Waals surface area contributed by atoms with E-state index < -0.39 is 6.36 Å². The van der Waals surface area contributed by atoms with Gasteiger partial charge in [-0.25, -0.2) is 0 Å². The number of aliphatic hydroxyl groups excluding tert-OH is 1. The highest BCUT2D eigenvalue weighted by Crippen LogP contribution is 2.27. The van der Waals surface area contributed by atoms with Gasteiger partial charge in [-0.15, -0.1) is 13.2 Å². The molecule has 0 saturated carbocycles. The lowest BCUT2D eigenvalue weighted by molar-refractivity contribution is -0.274. The molecule has 0 aromatic heterocycles. The molecule has 6 heteroatoms. The lowest BCUT2D eigenvalue weighted by Crippen LogP contribution is -2.17. The number of benzene rings is 1. The molecular weight excluding hydrogens is 289 g/mol. The van der Waals surface area contributed by atoms with Crippen LogP contribution in [0.5, 0.6) is 5.75 Å². The zero-order valence-electron chi connectivity index (χ0n) is 7.96. The first kappa shape index (κ1) is 13.1. The van der Waals surface area contributed by atoms with Gasteiger partial charge in [0.05, 0.1) is 6.61 Å². The average molecular weight is 297 g/mol. The first-order valence-electron chi connectivity index (χ1n) is 4.24. The quantitative estimate of drug-likeness (QED) is 0.927. The summed E-state index contributed by atoms with van der Waals surface area (Å²) in [6, 6.07) is 4.05. The molecule has 0 spiro atoms. The number of alkyl halides is 3. The van der Waals surface area contributed by atoms with Gasteiger partial charge in [-0.3, -0.25) is 0 Å². The molecular formula is C10H8BrF3O2. The summed E-state index contributed by atoms with van der Waals surface area (Å²) in [5, 5.41) is 8.54. The minimum Gasteiger partial charge on any atom is -0.406 e. The van der Waals surface area contributed by atoms with Gasteiger partial charge in [-0.1, -0.05) is 28.1 Å². The smallest absolute Gasteiger partial charge is 0.406 e. The SMILES string of the molecule is OCC=Cc1cc(Br)cc(OC(F)(F)F)c1. The molecule has 0 radical (unpaired) electrons. The van der Waals surface area contributed by atoms with Crippen LogP contribution in [-0.2, 0) is 0 Å². The molecule has 1 rings (SSSR count). The van der Waals surface area contributed by atoms with Crippen LogP contribution in [0, 0.1) is 0 Å². The highest BCUT2D eigenvalue weighted by Gasteiger charge is 2.31. The van der Waals surface area contributed by atoms with Gasteiger partial charge in [0.15, 0.2) is 0 Å². The van der Waals surface area contributed by atoms with Crippen LogP contribution in [-0.4, -0.2) is 18.1 Å². The largest absolute Gasteiger partial charge is 0.573 e. The fourth-order valence-corrected chi connectivity index (χ4v) is 1.55. The van der Waals surface area contributed by atoms with Crippen LogP contribution in [0.25, 0.3) is 6.08 Å². The van der Waals surface area contributed by atoms with Crippen molar-refractivity contribution in [2.75, 3.05) is 6.61 Å². The molecule has 0 atom stereocenters. The first-order valence-corrected chi connectivity index (χ1v) is 5.04. The van der Waals surface area contributed by atoms with Crippen molar-refractivity contribution in [3.05, 3.63) is 34.3 Å². The summed E-state index contributed by atoms with van der Waals surface area (Å²) in [5.74, 6) is -0.306. The summed E-state index contributed by atoms with van der Waals surface area (Å²) in [4.78, 5) is 0. The van der Waals surface area contributed by atoms with Gasteiger partial charge < -0.3 is 9.84 Å². The topological polar surface area (TPSA) is 29.5 Å². The van der Waals surface area contributed by atoms with Gasteiger partial charge in [-0.05, 0) is 23.8 Å². The van der Waals surface area contributed by atoms with Gasteiger partial charge in [0, 0.05) is 4.47 Å². The van der Waals surface area contributed by atoms with Crippen LogP contribution >= 0.6 is 15.9 Å². The predicted octanol–water partition coefficient (Wildman–Crippen LogP) is 3.35.